The molecule has 38 heavy (non-hydrogen) atoms. The van der Waals surface area contributed by atoms with E-state index in [4.69, 9.17) is 0 Å². The number of nitrogens with zero attached hydrogens (tertiary/aromatic N) is 6. The lowest BCUT2D eigenvalue weighted by Gasteiger charge is -2.71. The maximum absolute atomic E-state index is 13.8. The van der Waals surface area contributed by atoms with Crippen LogP contribution in [-0.4, -0.2) is 27.9 Å². The highest BCUT2D eigenvalue weighted by molar-refractivity contribution is 5.50. The number of aromatic nitrogens is 6. The molecule has 186 valence electrons. The molecule has 0 amide bonds. The van der Waals surface area contributed by atoms with Gasteiger partial charge in [-0.2, -0.15) is 0 Å². The molecule has 0 saturated heterocycles. The highest BCUT2D eigenvalue weighted by Crippen LogP contribution is 2.77. The second-order valence-electron chi connectivity index (χ2n) is 10.6. The summed E-state index contributed by atoms with van der Waals surface area (Å²) in [6.07, 6.45) is 12.1. The molecule has 2 unspecified atom stereocenters. The Kier molecular flexibility index (Phi) is 3.28. The van der Waals surface area contributed by atoms with Crippen LogP contribution in [0.2, 0.25) is 0 Å². The molecule has 6 heterocycles. The van der Waals surface area contributed by atoms with Crippen molar-refractivity contribution in [2.24, 2.45) is 10.8 Å². The zero-order valence-corrected chi connectivity index (χ0v) is 19.9. The van der Waals surface area contributed by atoms with E-state index in [1.54, 1.807) is 67.3 Å². The third kappa shape index (κ3) is 1.81. The Morgan fingerprint density at radius 2 is 0.737 bits per heavy atom. The molecule has 4 bridgehead atoms. The Morgan fingerprint density at radius 3 is 1.00 bits per heavy atom. The third-order valence-electron chi connectivity index (χ3n) is 9.39. The average Bonchev–Trinajstić information content (AvgIpc) is 3.36. The number of hydrogen-bond acceptors (Lipinski definition) is 4. The molecule has 2 aromatic heterocycles. The van der Waals surface area contributed by atoms with Crippen molar-refractivity contribution in [3.05, 3.63) is 139 Å². The van der Waals surface area contributed by atoms with Gasteiger partial charge in [0.1, 0.15) is 0 Å². The van der Waals surface area contributed by atoms with Crippen molar-refractivity contribution in [2.45, 2.75) is 24.2 Å². The summed E-state index contributed by atoms with van der Waals surface area (Å²) in [6, 6.07) is 15.8. The van der Waals surface area contributed by atoms with Crippen LogP contribution >= 0.6 is 0 Å². The van der Waals surface area contributed by atoms with E-state index in [9.17, 15) is 19.2 Å². The van der Waals surface area contributed by atoms with Gasteiger partial charge in [0.05, 0.1) is 46.4 Å². The summed E-state index contributed by atoms with van der Waals surface area (Å²) >= 11 is 0. The largest absolute Gasteiger partial charge is 0.352 e. The first-order valence-electron chi connectivity index (χ1n) is 12.6. The molecular formula is C28H20N6O4. The van der Waals surface area contributed by atoms with Crippen LogP contribution in [0.25, 0.3) is 11.4 Å². The lowest BCUT2D eigenvalue weighted by molar-refractivity contribution is -0.139. The first-order valence-corrected chi connectivity index (χ1v) is 12.6. The highest BCUT2D eigenvalue weighted by atomic mass is 16.2. The summed E-state index contributed by atoms with van der Waals surface area (Å²) in [5.41, 5.74) is -2.01. The lowest BCUT2D eigenvalue weighted by atomic mass is 9.39. The average molecular weight is 505 g/mol. The van der Waals surface area contributed by atoms with Gasteiger partial charge in [-0.15, -0.1) is 0 Å². The van der Waals surface area contributed by atoms with Crippen LogP contribution in [0.1, 0.15) is 24.2 Å². The fourth-order valence-electron chi connectivity index (χ4n) is 7.98. The summed E-state index contributed by atoms with van der Waals surface area (Å²) in [6.45, 7) is 0. The van der Waals surface area contributed by atoms with Gasteiger partial charge in [0.15, 0.2) is 0 Å². The molecule has 0 N–H and O–H groups in total. The maximum atomic E-state index is 13.8. The van der Waals surface area contributed by atoms with Gasteiger partial charge in [-0.1, -0.05) is 72.9 Å². The molecule has 2 aromatic carbocycles. The van der Waals surface area contributed by atoms with Gasteiger partial charge >= 0.3 is 22.8 Å². The van der Waals surface area contributed by atoms with Gasteiger partial charge < -0.3 is 0 Å². The van der Waals surface area contributed by atoms with Crippen LogP contribution in [0.4, 0.5) is 0 Å². The fourth-order valence-corrected chi connectivity index (χ4v) is 7.98. The van der Waals surface area contributed by atoms with E-state index in [1.807, 2.05) is 36.4 Å². The van der Waals surface area contributed by atoms with E-state index < -0.39 is 57.8 Å². The number of rotatable bonds is 2. The second-order valence-corrected chi connectivity index (χ2v) is 10.6. The molecule has 3 aliphatic carbocycles. The predicted octanol–water partition coefficient (Wildman–Crippen LogP) is 1.49. The maximum Gasteiger partial charge on any atom is 0.352 e. The van der Waals surface area contributed by atoms with E-state index in [1.165, 1.54) is 9.13 Å². The predicted molar refractivity (Wildman–Crippen MR) is 137 cm³/mol. The van der Waals surface area contributed by atoms with Crippen molar-refractivity contribution in [1.82, 2.24) is 27.9 Å². The van der Waals surface area contributed by atoms with Crippen LogP contribution in [0.3, 0.4) is 0 Å². The molecule has 10 heteroatoms. The van der Waals surface area contributed by atoms with E-state index in [-0.39, 0.29) is 0 Å². The van der Waals surface area contributed by atoms with Crippen molar-refractivity contribution < 1.29 is 0 Å². The van der Waals surface area contributed by atoms with E-state index in [0.717, 1.165) is 0 Å². The van der Waals surface area contributed by atoms with Gasteiger partial charge in [0, 0.05) is 0 Å². The van der Waals surface area contributed by atoms with Crippen molar-refractivity contribution in [1.29, 1.82) is 0 Å². The van der Waals surface area contributed by atoms with Crippen LogP contribution in [-0.2, 0) is 0 Å². The van der Waals surface area contributed by atoms with E-state index in [0.29, 0.717) is 11.4 Å². The normalized spacial score (nSPS) is 32.0. The first-order chi connectivity index (χ1) is 18.5. The zero-order chi connectivity index (χ0) is 25.6. The van der Waals surface area contributed by atoms with Gasteiger partial charge in [-0.25, -0.2) is 47.0 Å². The highest BCUT2D eigenvalue weighted by Gasteiger charge is 2.77. The molecule has 4 aromatic rings. The molecule has 7 aliphatic rings. The fraction of sp³-hybridized carbons (Fsp3) is 0.214. The van der Waals surface area contributed by atoms with Crippen LogP contribution in [0.15, 0.2) is 116 Å². The van der Waals surface area contributed by atoms with Crippen LogP contribution in [0.5, 0.6) is 0 Å². The van der Waals surface area contributed by atoms with Crippen LogP contribution < -0.4 is 22.8 Å². The standard InChI is InChI=1S/C28H20N6O4/c35-23-29(17-7-3-1-4-8-17)24(36)32-20-12-11-19(31(23)32)27-15-16-28(20,27)22-14-13-21(27)33-25(37)30(26(38)34(22)33)18-9-5-2-6-10-18/h1-16,19-22H/t19-,20-,21+,22+,27?,28?. The molecule has 4 aliphatic heterocycles. The van der Waals surface area contributed by atoms with Crippen molar-refractivity contribution >= 4 is 0 Å². The minimum absolute atomic E-state index is 0.416. The van der Waals surface area contributed by atoms with Gasteiger partial charge in [0.25, 0.3) is 0 Å². The molecule has 0 saturated carbocycles. The van der Waals surface area contributed by atoms with Gasteiger partial charge in [0.2, 0.25) is 0 Å². The summed E-state index contributed by atoms with van der Waals surface area (Å²) in [4.78, 5) is 55.3. The topological polar surface area (TPSA) is 97.9 Å². The molecule has 11 rings (SSSR count). The molecule has 6 atom stereocenters. The van der Waals surface area contributed by atoms with Crippen LogP contribution in [0, 0.1) is 10.8 Å². The van der Waals surface area contributed by atoms with Crippen molar-refractivity contribution in [2.75, 3.05) is 0 Å². The molecule has 0 fully saturated rings. The molecule has 0 spiro atoms. The van der Waals surface area contributed by atoms with Crippen molar-refractivity contribution in [3.8, 4) is 11.4 Å². The van der Waals surface area contributed by atoms with E-state index in [2.05, 4.69) is 12.2 Å². The molecular weight excluding hydrogens is 484 g/mol. The Labute approximate surface area is 213 Å². The number of para-hydroxylation sites is 2. The van der Waals surface area contributed by atoms with Gasteiger partial charge in [-0.3, -0.25) is 0 Å². The number of benzene rings is 2. The summed E-state index contributed by atoms with van der Waals surface area (Å²) in [7, 11) is 0. The Morgan fingerprint density at radius 1 is 0.447 bits per heavy atom. The third-order valence-corrected chi connectivity index (χ3v) is 9.39. The number of allylic oxidation sites excluding steroid dienone is 6. The smallest absolute Gasteiger partial charge is 0.245 e. The number of hydrogen-bond donors (Lipinski definition) is 0. The summed E-state index contributed by atoms with van der Waals surface area (Å²) < 4.78 is 8.63. The Balaban J connectivity index is 1.34. The summed E-state index contributed by atoms with van der Waals surface area (Å²) in [5.74, 6) is 0. The van der Waals surface area contributed by atoms with Crippen molar-refractivity contribution in [3.63, 3.8) is 0 Å². The summed E-state index contributed by atoms with van der Waals surface area (Å²) in [5, 5.41) is 0. The lowest BCUT2D eigenvalue weighted by Crippen LogP contribution is -2.73. The molecule has 0 radical (unpaired) electrons. The Bertz CT molecular complexity index is 1810. The minimum Gasteiger partial charge on any atom is -0.245 e. The SMILES string of the molecule is O=c1n(-c2ccccc2)c(=O)n2n1[C@H]1C=C[C@H]2C23C=CC12[C@H]1C=C[C@H]3n2c(=O)n(-c3ccccc3)c(=O)n21. The van der Waals surface area contributed by atoms with Gasteiger partial charge in [-0.05, 0) is 24.3 Å². The second kappa shape index (κ2) is 6.16. The minimum atomic E-state index is -0.676. The quantitative estimate of drug-likeness (QED) is 0.387. The Hall–Kier alpha value is -4.86. The first kappa shape index (κ1) is 20.2. The zero-order valence-electron chi connectivity index (χ0n) is 19.9. The molecule has 10 nitrogen and oxygen atoms in total. The monoisotopic (exact) mass is 504 g/mol. The van der Waals surface area contributed by atoms with E-state index >= 15 is 0 Å².